The number of carbonyl (C=O) groups excluding carboxylic acids is 1. The minimum absolute atomic E-state index is 0.114. The molecule has 0 aliphatic carbocycles. The molecule has 0 aliphatic rings. The van der Waals surface area contributed by atoms with Crippen molar-refractivity contribution in [1.82, 2.24) is 9.55 Å². The van der Waals surface area contributed by atoms with E-state index in [2.05, 4.69) is 51.4 Å². The molecule has 144 valence electrons. The summed E-state index contributed by atoms with van der Waals surface area (Å²) in [5.74, 6) is -0.114. The number of amides is 1. The van der Waals surface area contributed by atoms with Crippen LogP contribution >= 0.6 is 22.7 Å². The summed E-state index contributed by atoms with van der Waals surface area (Å²) in [4.78, 5) is 17.7. The van der Waals surface area contributed by atoms with Crippen LogP contribution in [0.2, 0.25) is 0 Å². The molecule has 0 unspecified atom stereocenters. The maximum atomic E-state index is 13.1. The van der Waals surface area contributed by atoms with Crippen LogP contribution in [0.5, 0.6) is 0 Å². The number of hydrogen-bond donors (Lipinski definition) is 1. The third kappa shape index (κ3) is 3.57. The normalized spacial score (nSPS) is 11.3. The lowest BCUT2D eigenvalue weighted by Crippen LogP contribution is -2.17. The van der Waals surface area contributed by atoms with E-state index in [1.54, 1.807) is 11.3 Å². The van der Waals surface area contributed by atoms with Gasteiger partial charge in [-0.05, 0) is 54.1 Å². The number of fused-ring (bicyclic) bond motifs is 2. The van der Waals surface area contributed by atoms with Gasteiger partial charge in [0.05, 0.1) is 20.4 Å². The molecule has 5 aromatic rings. The molecular formula is C23H19N3OS2. The molecule has 1 N–H and O–H groups in total. The largest absolute Gasteiger partial charge is 0.335 e. The Kier molecular flexibility index (Phi) is 4.66. The highest BCUT2D eigenvalue weighted by Crippen LogP contribution is 2.29. The van der Waals surface area contributed by atoms with Crippen LogP contribution in [0.4, 0.5) is 5.13 Å². The van der Waals surface area contributed by atoms with Crippen LogP contribution in [0, 0.1) is 6.92 Å². The van der Waals surface area contributed by atoms with Gasteiger partial charge in [0, 0.05) is 6.54 Å². The van der Waals surface area contributed by atoms with Crippen molar-refractivity contribution in [3.8, 4) is 0 Å². The van der Waals surface area contributed by atoms with Crippen molar-refractivity contribution < 1.29 is 4.79 Å². The maximum Gasteiger partial charge on any atom is 0.274 e. The van der Waals surface area contributed by atoms with Gasteiger partial charge in [-0.15, -0.1) is 11.3 Å². The van der Waals surface area contributed by atoms with E-state index < -0.39 is 0 Å². The van der Waals surface area contributed by atoms with Gasteiger partial charge in [-0.3, -0.25) is 10.1 Å². The van der Waals surface area contributed by atoms with E-state index in [1.165, 1.54) is 22.5 Å². The first-order valence-electron chi connectivity index (χ1n) is 9.46. The van der Waals surface area contributed by atoms with Crippen molar-refractivity contribution in [2.24, 2.45) is 0 Å². The fourth-order valence-electron chi connectivity index (χ4n) is 3.54. The average molecular weight is 418 g/mol. The Labute approximate surface area is 176 Å². The summed E-state index contributed by atoms with van der Waals surface area (Å²) in [6.45, 7) is 2.82. The topological polar surface area (TPSA) is 46.9 Å². The molecule has 5 rings (SSSR count). The zero-order chi connectivity index (χ0) is 19.8. The molecule has 0 bridgehead atoms. The zero-order valence-corrected chi connectivity index (χ0v) is 17.5. The van der Waals surface area contributed by atoms with Crippen LogP contribution in [-0.4, -0.2) is 15.5 Å². The van der Waals surface area contributed by atoms with Gasteiger partial charge in [-0.1, -0.05) is 47.7 Å². The average Bonchev–Trinajstić information content (AvgIpc) is 3.41. The quantitative estimate of drug-likeness (QED) is 0.375. The molecule has 3 aromatic heterocycles. The summed E-state index contributed by atoms with van der Waals surface area (Å²) >= 11 is 3.17. The number of thiazole rings is 1. The van der Waals surface area contributed by atoms with Crippen molar-refractivity contribution >= 4 is 54.1 Å². The fraction of sp³-hybridized carbons (Fsp3) is 0.130. The monoisotopic (exact) mass is 417 g/mol. The first-order valence-corrected chi connectivity index (χ1v) is 11.2. The number of nitrogens with zero attached hydrogens (tertiary/aromatic N) is 2. The van der Waals surface area contributed by atoms with Crippen LogP contribution in [0.15, 0.2) is 66.0 Å². The molecule has 0 aliphatic heterocycles. The zero-order valence-electron chi connectivity index (χ0n) is 15.9. The summed E-state index contributed by atoms with van der Waals surface area (Å²) in [5, 5.41) is 5.71. The highest BCUT2D eigenvalue weighted by atomic mass is 32.1. The van der Waals surface area contributed by atoms with Gasteiger partial charge in [-0.25, -0.2) is 4.98 Å². The molecule has 0 spiro atoms. The van der Waals surface area contributed by atoms with Crippen LogP contribution < -0.4 is 5.32 Å². The van der Waals surface area contributed by atoms with Gasteiger partial charge in [0.2, 0.25) is 0 Å². The maximum absolute atomic E-state index is 13.1. The van der Waals surface area contributed by atoms with Gasteiger partial charge in [0.15, 0.2) is 5.13 Å². The van der Waals surface area contributed by atoms with Crippen molar-refractivity contribution in [3.63, 3.8) is 0 Å². The van der Waals surface area contributed by atoms with Crippen molar-refractivity contribution in [3.05, 3.63) is 82.9 Å². The molecule has 0 fully saturated rings. The van der Waals surface area contributed by atoms with Gasteiger partial charge in [0.1, 0.15) is 5.69 Å². The molecule has 4 nitrogen and oxygen atoms in total. The number of carbonyl (C=O) groups is 1. The first-order chi connectivity index (χ1) is 14.2. The fourth-order valence-corrected chi connectivity index (χ4v) is 5.32. The molecule has 0 saturated heterocycles. The second-order valence-corrected chi connectivity index (χ2v) is 9.01. The number of hydrogen-bond acceptors (Lipinski definition) is 4. The van der Waals surface area contributed by atoms with E-state index in [1.807, 2.05) is 36.4 Å². The van der Waals surface area contributed by atoms with Crippen molar-refractivity contribution in [2.45, 2.75) is 19.9 Å². The summed E-state index contributed by atoms with van der Waals surface area (Å²) in [7, 11) is 0. The van der Waals surface area contributed by atoms with Gasteiger partial charge in [-0.2, -0.15) is 0 Å². The van der Waals surface area contributed by atoms with E-state index in [9.17, 15) is 4.79 Å². The van der Waals surface area contributed by atoms with Crippen LogP contribution in [0.1, 0.15) is 21.6 Å². The van der Waals surface area contributed by atoms with Gasteiger partial charge >= 0.3 is 0 Å². The molecule has 3 heterocycles. The number of aryl methyl sites for hydroxylation is 3. The minimum atomic E-state index is -0.114. The van der Waals surface area contributed by atoms with E-state index in [4.69, 9.17) is 0 Å². The highest BCUT2D eigenvalue weighted by Gasteiger charge is 2.18. The predicted molar refractivity (Wildman–Crippen MR) is 122 cm³/mol. The molecule has 2 aromatic carbocycles. The lowest BCUT2D eigenvalue weighted by atomic mass is 10.1. The summed E-state index contributed by atoms with van der Waals surface area (Å²) < 4.78 is 4.33. The minimum Gasteiger partial charge on any atom is -0.335 e. The summed E-state index contributed by atoms with van der Waals surface area (Å²) in [5.41, 5.74) is 5.15. The Morgan fingerprint density at radius 2 is 1.93 bits per heavy atom. The molecule has 0 radical (unpaired) electrons. The third-order valence-electron chi connectivity index (χ3n) is 4.99. The van der Waals surface area contributed by atoms with Crippen molar-refractivity contribution in [1.29, 1.82) is 0 Å². The molecule has 0 atom stereocenters. The van der Waals surface area contributed by atoms with Gasteiger partial charge < -0.3 is 4.57 Å². The smallest absolute Gasteiger partial charge is 0.274 e. The molecule has 0 saturated carbocycles. The number of anilines is 1. The number of benzene rings is 2. The van der Waals surface area contributed by atoms with Crippen LogP contribution in [-0.2, 0) is 13.0 Å². The molecule has 1 amide bonds. The first kappa shape index (κ1) is 18.1. The lowest BCUT2D eigenvalue weighted by Gasteiger charge is -2.10. The Balaban J connectivity index is 1.43. The third-order valence-corrected chi connectivity index (χ3v) is 6.77. The van der Waals surface area contributed by atoms with Crippen molar-refractivity contribution in [2.75, 3.05) is 5.32 Å². The van der Waals surface area contributed by atoms with E-state index in [-0.39, 0.29) is 5.91 Å². The Morgan fingerprint density at radius 1 is 1.07 bits per heavy atom. The molecular weight excluding hydrogens is 398 g/mol. The number of nitrogens with one attached hydrogen (secondary N) is 1. The highest BCUT2D eigenvalue weighted by molar-refractivity contribution is 7.22. The summed E-state index contributed by atoms with van der Waals surface area (Å²) in [6.07, 6.45) is 0.876. The van der Waals surface area contributed by atoms with E-state index in [0.717, 1.165) is 33.4 Å². The lowest BCUT2D eigenvalue weighted by molar-refractivity contribution is 0.101. The number of thiophene rings is 1. The number of aromatic nitrogens is 2. The van der Waals surface area contributed by atoms with Crippen LogP contribution in [0.3, 0.4) is 0 Å². The Morgan fingerprint density at radius 3 is 2.79 bits per heavy atom. The second-order valence-electron chi connectivity index (χ2n) is 7.03. The van der Waals surface area contributed by atoms with Crippen LogP contribution in [0.25, 0.3) is 20.4 Å². The predicted octanol–water partition coefficient (Wildman–Crippen LogP) is 6.12. The SMILES string of the molecule is Cc1ccc2nc(NC(=O)c3cc4sccc4n3CCc3ccccc3)sc2c1. The van der Waals surface area contributed by atoms with E-state index >= 15 is 0 Å². The molecule has 29 heavy (non-hydrogen) atoms. The second kappa shape index (κ2) is 7.46. The Hall–Kier alpha value is -2.96. The summed E-state index contributed by atoms with van der Waals surface area (Å²) in [6, 6.07) is 20.6. The van der Waals surface area contributed by atoms with E-state index in [0.29, 0.717) is 10.8 Å². The molecule has 6 heteroatoms. The standard InChI is InChI=1S/C23H19N3OS2/c1-15-7-8-17-20(13-15)29-23(24-17)25-22(27)19-14-21-18(10-12-28-21)26(19)11-9-16-5-3-2-4-6-16/h2-8,10,12-14H,9,11H2,1H3,(H,24,25,27). The number of rotatable bonds is 5. The Bertz CT molecular complexity index is 1310. The van der Waals surface area contributed by atoms with Gasteiger partial charge in [0.25, 0.3) is 5.91 Å².